The lowest BCUT2D eigenvalue weighted by atomic mass is 10.2. The third-order valence-corrected chi connectivity index (χ3v) is 3.84. The fraction of sp³-hybridized carbons (Fsp3) is 0.231. The minimum Gasteiger partial charge on any atom is -0.466 e. The summed E-state index contributed by atoms with van der Waals surface area (Å²) in [5.74, 6) is -0.205. The highest BCUT2D eigenvalue weighted by Crippen LogP contribution is 2.26. The number of rotatable bonds is 4. The van der Waals surface area contributed by atoms with E-state index in [0.717, 1.165) is 19.9 Å². The molecule has 0 aliphatic rings. The van der Waals surface area contributed by atoms with Crippen molar-refractivity contribution in [3.63, 3.8) is 0 Å². The van der Waals surface area contributed by atoms with Crippen LogP contribution < -0.4 is 0 Å². The fourth-order valence-electron chi connectivity index (χ4n) is 1.47. The number of thiazole rings is 1. The molecule has 0 saturated carbocycles. The van der Waals surface area contributed by atoms with Gasteiger partial charge in [-0.3, -0.25) is 4.79 Å². The van der Waals surface area contributed by atoms with E-state index in [1.807, 2.05) is 24.3 Å². The predicted octanol–water partition coefficient (Wildman–Crippen LogP) is 3.68. The molecule has 5 heteroatoms. The van der Waals surface area contributed by atoms with Crippen molar-refractivity contribution in [2.75, 3.05) is 6.61 Å². The molecule has 1 aromatic heterocycles. The van der Waals surface area contributed by atoms with Gasteiger partial charge in [0.25, 0.3) is 0 Å². The van der Waals surface area contributed by atoms with E-state index >= 15 is 0 Å². The van der Waals surface area contributed by atoms with E-state index in [2.05, 4.69) is 20.9 Å². The van der Waals surface area contributed by atoms with Crippen LogP contribution in [0.15, 0.2) is 34.9 Å². The quantitative estimate of drug-likeness (QED) is 0.805. The largest absolute Gasteiger partial charge is 0.466 e. The van der Waals surface area contributed by atoms with Gasteiger partial charge in [0.1, 0.15) is 5.01 Å². The summed E-state index contributed by atoms with van der Waals surface area (Å²) in [4.78, 5) is 16.6. The Balaban J connectivity index is 2.10. The lowest BCUT2D eigenvalue weighted by Crippen LogP contribution is -2.06. The van der Waals surface area contributed by atoms with Crippen LogP contribution in [0.25, 0.3) is 10.6 Å². The van der Waals surface area contributed by atoms with Crippen molar-refractivity contribution in [3.05, 3.63) is 39.8 Å². The molecule has 0 aliphatic heterocycles. The molecule has 0 unspecified atom stereocenters. The smallest absolute Gasteiger partial charge is 0.311 e. The zero-order valence-corrected chi connectivity index (χ0v) is 12.3. The number of carbonyl (C=O) groups is 1. The average Bonchev–Trinajstić information content (AvgIpc) is 2.78. The van der Waals surface area contributed by atoms with E-state index < -0.39 is 0 Å². The van der Waals surface area contributed by atoms with Crippen LogP contribution in [0.1, 0.15) is 11.8 Å². The summed E-state index contributed by atoms with van der Waals surface area (Å²) in [6, 6.07) is 7.94. The standard InChI is InChI=1S/C13H12BrNO2S/c1-2-17-12(16)7-11-8-15-13(18-11)9-3-5-10(14)6-4-9/h3-6,8H,2,7H2,1H3. The summed E-state index contributed by atoms with van der Waals surface area (Å²) in [5, 5.41) is 0.918. The van der Waals surface area contributed by atoms with E-state index in [0.29, 0.717) is 13.0 Å². The lowest BCUT2D eigenvalue weighted by Gasteiger charge is -1.98. The number of hydrogen-bond acceptors (Lipinski definition) is 4. The maximum absolute atomic E-state index is 11.4. The molecule has 18 heavy (non-hydrogen) atoms. The molecule has 2 aromatic rings. The van der Waals surface area contributed by atoms with Crippen LogP contribution in [0.2, 0.25) is 0 Å². The molecule has 0 atom stereocenters. The third kappa shape index (κ3) is 3.40. The summed E-state index contributed by atoms with van der Waals surface area (Å²) < 4.78 is 5.95. The van der Waals surface area contributed by atoms with Crippen LogP contribution in [0, 0.1) is 0 Å². The van der Waals surface area contributed by atoms with Gasteiger partial charge in [0.2, 0.25) is 0 Å². The highest BCUT2D eigenvalue weighted by Gasteiger charge is 2.09. The zero-order chi connectivity index (χ0) is 13.0. The van der Waals surface area contributed by atoms with E-state index in [1.54, 1.807) is 13.1 Å². The predicted molar refractivity (Wildman–Crippen MR) is 75.6 cm³/mol. The maximum Gasteiger partial charge on any atom is 0.311 e. The molecule has 0 N–H and O–H groups in total. The Bertz CT molecular complexity index is 536. The number of carbonyl (C=O) groups excluding carboxylic acids is 1. The molecule has 1 heterocycles. The van der Waals surface area contributed by atoms with E-state index in [4.69, 9.17) is 4.74 Å². The zero-order valence-electron chi connectivity index (χ0n) is 9.85. The van der Waals surface area contributed by atoms with Crippen LogP contribution in [0.3, 0.4) is 0 Å². The first-order valence-corrected chi connectivity index (χ1v) is 7.16. The summed E-state index contributed by atoms with van der Waals surface area (Å²) in [7, 11) is 0. The Morgan fingerprint density at radius 2 is 2.11 bits per heavy atom. The molecule has 0 radical (unpaired) electrons. The van der Waals surface area contributed by atoms with Crippen molar-refractivity contribution in [1.29, 1.82) is 0 Å². The molecule has 0 saturated heterocycles. The summed E-state index contributed by atoms with van der Waals surface area (Å²) in [5.41, 5.74) is 1.05. The van der Waals surface area contributed by atoms with Crippen molar-refractivity contribution in [3.8, 4) is 10.6 Å². The highest BCUT2D eigenvalue weighted by atomic mass is 79.9. The minimum atomic E-state index is -0.205. The number of ether oxygens (including phenoxy) is 1. The molecule has 3 nitrogen and oxygen atoms in total. The van der Waals surface area contributed by atoms with Crippen LogP contribution in [0.5, 0.6) is 0 Å². The molecule has 0 aliphatic carbocycles. The Morgan fingerprint density at radius 1 is 1.39 bits per heavy atom. The second kappa shape index (κ2) is 6.11. The Morgan fingerprint density at radius 3 is 2.78 bits per heavy atom. The molecule has 0 amide bonds. The minimum absolute atomic E-state index is 0.205. The summed E-state index contributed by atoms with van der Waals surface area (Å²) >= 11 is 4.91. The monoisotopic (exact) mass is 325 g/mol. The Kier molecular flexibility index (Phi) is 4.49. The van der Waals surface area contributed by atoms with Crippen molar-refractivity contribution in [2.45, 2.75) is 13.3 Å². The molecular weight excluding hydrogens is 314 g/mol. The Labute approximate surface area is 118 Å². The molecule has 1 aromatic carbocycles. The first-order chi connectivity index (χ1) is 8.69. The van der Waals surface area contributed by atoms with Gasteiger partial charge in [-0.15, -0.1) is 11.3 Å². The van der Waals surface area contributed by atoms with Gasteiger partial charge in [-0.25, -0.2) is 4.98 Å². The van der Waals surface area contributed by atoms with Crippen molar-refractivity contribution in [1.82, 2.24) is 4.98 Å². The molecule has 0 spiro atoms. The number of nitrogens with zero attached hydrogens (tertiary/aromatic N) is 1. The summed E-state index contributed by atoms with van der Waals surface area (Å²) in [6.07, 6.45) is 2.03. The van der Waals surface area contributed by atoms with Gasteiger partial charge in [0.05, 0.1) is 13.0 Å². The molecule has 0 fully saturated rings. The number of halogens is 1. The van der Waals surface area contributed by atoms with Crippen LogP contribution in [0.4, 0.5) is 0 Å². The lowest BCUT2D eigenvalue weighted by molar-refractivity contribution is -0.142. The second-order valence-electron chi connectivity index (χ2n) is 3.62. The average molecular weight is 326 g/mol. The second-order valence-corrected chi connectivity index (χ2v) is 5.65. The van der Waals surface area contributed by atoms with Gasteiger partial charge >= 0.3 is 5.97 Å². The van der Waals surface area contributed by atoms with Gasteiger partial charge in [-0.05, 0) is 19.1 Å². The number of aromatic nitrogens is 1. The van der Waals surface area contributed by atoms with Crippen molar-refractivity contribution < 1.29 is 9.53 Å². The van der Waals surface area contributed by atoms with E-state index in [-0.39, 0.29) is 5.97 Å². The van der Waals surface area contributed by atoms with Crippen molar-refractivity contribution in [2.24, 2.45) is 0 Å². The topological polar surface area (TPSA) is 39.2 Å². The third-order valence-electron chi connectivity index (χ3n) is 2.27. The summed E-state index contributed by atoms with van der Waals surface area (Å²) in [6.45, 7) is 2.22. The highest BCUT2D eigenvalue weighted by molar-refractivity contribution is 9.10. The first kappa shape index (κ1) is 13.2. The van der Waals surface area contributed by atoms with Crippen molar-refractivity contribution >= 4 is 33.2 Å². The van der Waals surface area contributed by atoms with Gasteiger partial charge < -0.3 is 4.74 Å². The molecule has 94 valence electrons. The van der Waals surface area contributed by atoms with Gasteiger partial charge in [0.15, 0.2) is 0 Å². The Hall–Kier alpha value is -1.20. The van der Waals surface area contributed by atoms with Gasteiger partial charge in [-0.1, -0.05) is 28.1 Å². The maximum atomic E-state index is 11.4. The molecule has 2 rings (SSSR count). The normalized spacial score (nSPS) is 10.3. The van der Waals surface area contributed by atoms with Gasteiger partial charge in [-0.2, -0.15) is 0 Å². The van der Waals surface area contributed by atoms with E-state index in [9.17, 15) is 4.79 Å². The van der Waals surface area contributed by atoms with Crippen LogP contribution >= 0.6 is 27.3 Å². The number of hydrogen-bond donors (Lipinski definition) is 0. The van der Waals surface area contributed by atoms with Crippen LogP contribution in [-0.2, 0) is 16.0 Å². The SMILES string of the molecule is CCOC(=O)Cc1cnc(-c2ccc(Br)cc2)s1. The number of benzene rings is 1. The van der Waals surface area contributed by atoms with E-state index in [1.165, 1.54) is 11.3 Å². The molecule has 0 bridgehead atoms. The van der Waals surface area contributed by atoms with Crippen LogP contribution in [-0.4, -0.2) is 17.6 Å². The number of esters is 1. The fourth-order valence-corrected chi connectivity index (χ4v) is 2.64. The molecular formula is C13H12BrNO2S. The first-order valence-electron chi connectivity index (χ1n) is 5.55. The van der Waals surface area contributed by atoms with Gasteiger partial charge in [0, 0.05) is 21.1 Å².